The maximum atomic E-state index is 11.3. The Morgan fingerprint density at radius 2 is 0.500 bits per heavy atom. The van der Waals surface area contributed by atoms with E-state index in [9.17, 15) is 38.4 Å². The van der Waals surface area contributed by atoms with Gasteiger partial charge in [-0.2, -0.15) is 0 Å². The summed E-state index contributed by atoms with van der Waals surface area (Å²) in [6.07, 6.45) is 7.07. The Morgan fingerprint density at radius 1 is 0.375 bits per heavy atom. The molecule has 4 aliphatic heterocycles. The summed E-state index contributed by atoms with van der Waals surface area (Å²) >= 11 is 0. The van der Waals surface area contributed by atoms with Gasteiger partial charge in [-0.15, -0.1) is 0 Å². The largest absolute Gasteiger partial charge is 0.269 e. The first-order valence-electron chi connectivity index (χ1n) is 9.25. The van der Waals surface area contributed by atoms with Crippen molar-refractivity contribution >= 4 is 47.3 Å². The molecule has 0 bridgehead atoms. The van der Waals surface area contributed by atoms with Gasteiger partial charge in [0.1, 0.15) is 12.3 Å². The lowest BCUT2D eigenvalue weighted by molar-refractivity contribution is -0.154. The zero-order chi connectivity index (χ0) is 23.7. The number of amides is 8. The van der Waals surface area contributed by atoms with Crippen LogP contribution in [0.4, 0.5) is 0 Å². The van der Waals surface area contributed by atoms with Crippen molar-refractivity contribution in [2.24, 2.45) is 0 Å². The Bertz CT molecular complexity index is 857. The van der Waals surface area contributed by atoms with Crippen LogP contribution in [-0.4, -0.2) is 79.2 Å². The number of carbonyl (C=O) groups excluding carboxylic acids is 8. The van der Waals surface area contributed by atoms with E-state index in [1.54, 1.807) is 0 Å². The van der Waals surface area contributed by atoms with Crippen LogP contribution in [0.1, 0.15) is 13.8 Å². The molecule has 0 aromatic heterocycles. The van der Waals surface area contributed by atoms with Crippen molar-refractivity contribution in [2.45, 2.75) is 26.2 Å². The Morgan fingerprint density at radius 3 is 0.625 bits per heavy atom. The first kappa shape index (κ1) is 22.2. The smallest absolute Gasteiger partial charge is 0.255 e. The van der Waals surface area contributed by atoms with Crippen LogP contribution in [0, 0.1) is 0 Å². The summed E-state index contributed by atoms with van der Waals surface area (Å²) in [4.78, 5) is 94.2. The molecular weight excluding hydrogens is 424 g/mol. The van der Waals surface area contributed by atoms with E-state index in [1.165, 1.54) is 13.8 Å². The van der Waals surface area contributed by atoms with Gasteiger partial charge >= 0.3 is 0 Å². The molecule has 0 radical (unpaired) electrons. The maximum absolute atomic E-state index is 11.3. The van der Waals surface area contributed by atoms with Crippen LogP contribution in [0.5, 0.6) is 0 Å². The number of rotatable bonds is 4. The van der Waals surface area contributed by atoms with Crippen LogP contribution in [0.3, 0.4) is 0 Å². The van der Waals surface area contributed by atoms with Crippen molar-refractivity contribution in [3.63, 3.8) is 0 Å². The van der Waals surface area contributed by atoms with E-state index in [-0.39, 0.29) is 0 Å². The van der Waals surface area contributed by atoms with E-state index in [2.05, 4.69) is 0 Å². The Balaban J connectivity index is 0.000000181. The first-order valence-corrected chi connectivity index (χ1v) is 9.25. The Labute approximate surface area is 180 Å². The molecule has 4 aliphatic rings. The quantitative estimate of drug-likeness (QED) is 0.473. The van der Waals surface area contributed by atoms with Gasteiger partial charge in [0.25, 0.3) is 47.3 Å². The minimum Gasteiger partial charge on any atom is -0.269 e. The summed E-state index contributed by atoms with van der Waals surface area (Å²) in [6, 6.07) is 0. The van der Waals surface area contributed by atoms with E-state index >= 15 is 0 Å². The molecule has 32 heavy (non-hydrogen) atoms. The van der Waals surface area contributed by atoms with Gasteiger partial charge in [-0.25, -0.2) is 0 Å². The van der Waals surface area contributed by atoms with E-state index in [1.807, 2.05) is 0 Å². The minimum absolute atomic E-state index is 0.523. The highest BCUT2D eigenvalue weighted by Gasteiger charge is 2.39. The van der Waals surface area contributed by atoms with Crippen molar-refractivity contribution in [1.29, 1.82) is 0 Å². The zero-order valence-electron chi connectivity index (χ0n) is 16.8. The van der Waals surface area contributed by atoms with Crippen molar-refractivity contribution in [2.75, 3.05) is 0 Å². The molecule has 4 rings (SSSR count). The topological polar surface area (TPSA) is 150 Å². The maximum Gasteiger partial charge on any atom is 0.255 e. The standard InChI is InChI=1S/2C10H8N2O4/c2*1-6(11-7(13)2-3-8(11)14)12-9(15)4-5-10(12)16/h2*2-6H,1H3. The zero-order valence-corrected chi connectivity index (χ0v) is 16.8. The van der Waals surface area contributed by atoms with Crippen LogP contribution in [0.25, 0.3) is 0 Å². The van der Waals surface area contributed by atoms with E-state index in [0.29, 0.717) is 0 Å². The fraction of sp³-hybridized carbons (Fsp3) is 0.200. The molecule has 0 N–H and O–H groups in total. The second-order valence-corrected chi connectivity index (χ2v) is 6.78. The van der Waals surface area contributed by atoms with Crippen LogP contribution in [0.15, 0.2) is 48.6 Å². The van der Waals surface area contributed by atoms with Gasteiger partial charge in [0.15, 0.2) is 0 Å². The van der Waals surface area contributed by atoms with Crippen LogP contribution in [0.2, 0.25) is 0 Å². The molecule has 0 fully saturated rings. The van der Waals surface area contributed by atoms with E-state index in [4.69, 9.17) is 0 Å². The van der Waals surface area contributed by atoms with Gasteiger partial charge in [-0.1, -0.05) is 0 Å². The molecule has 8 amide bonds. The monoisotopic (exact) mass is 440 g/mol. The van der Waals surface area contributed by atoms with Gasteiger partial charge in [0.05, 0.1) is 0 Å². The van der Waals surface area contributed by atoms with Crippen LogP contribution >= 0.6 is 0 Å². The lowest BCUT2D eigenvalue weighted by Crippen LogP contribution is -2.51. The number of nitrogens with zero attached hydrogens (tertiary/aromatic N) is 4. The third-order valence-corrected chi connectivity index (χ3v) is 4.87. The number of hydrogen-bond acceptors (Lipinski definition) is 8. The van der Waals surface area contributed by atoms with Crippen molar-refractivity contribution < 1.29 is 38.4 Å². The molecular formula is C20H16N4O8. The normalized spacial score (nSPS) is 19.9. The molecule has 0 saturated carbocycles. The predicted octanol–water partition coefficient (Wildman–Crippen LogP) is -1.64. The second-order valence-electron chi connectivity index (χ2n) is 6.78. The van der Waals surface area contributed by atoms with Crippen molar-refractivity contribution in [3.05, 3.63) is 48.6 Å². The summed E-state index contributed by atoms with van der Waals surface area (Å²) in [5.74, 6) is -4.19. The highest BCUT2D eigenvalue weighted by atomic mass is 16.2. The average Bonchev–Trinajstić information content (AvgIpc) is 3.44. The van der Waals surface area contributed by atoms with Gasteiger partial charge in [0, 0.05) is 48.6 Å². The molecule has 0 unspecified atom stereocenters. The van der Waals surface area contributed by atoms with Crippen LogP contribution in [-0.2, 0) is 38.4 Å². The highest BCUT2D eigenvalue weighted by molar-refractivity contribution is 6.17. The molecule has 164 valence electrons. The Hall–Kier alpha value is -4.48. The predicted molar refractivity (Wildman–Crippen MR) is 103 cm³/mol. The molecule has 4 heterocycles. The molecule has 12 heteroatoms. The molecule has 12 nitrogen and oxygen atoms in total. The molecule has 0 aliphatic carbocycles. The fourth-order valence-electron chi connectivity index (χ4n) is 3.35. The molecule has 0 spiro atoms. The van der Waals surface area contributed by atoms with E-state index < -0.39 is 59.6 Å². The summed E-state index contributed by atoms with van der Waals surface area (Å²) in [7, 11) is 0. The summed E-state index contributed by atoms with van der Waals surface area (Å²) < 4.78 is 0. The highest BCUT2D eigenvalue weighted by Crippen LogP contribution is 2.17. The number of hydrogen-bond donors (Lipinski definition) is 0. The lowest BCUT2D eigenvalue weighted by Gasteiger charge is -2.29. The van der Waals surface area contributed by atoms with E-state index in [0.717, 1.165) is 68.2 Å². The summed E-state index contributed by atoms with van der Waals surface area (Å²) in [5.41, 5.74) is 0. The van der Waals surface area contributed by atoms with Gasteiger partial charge in [-0.3, -0.25) is 58.0 Å². The number of carbonyl (C=O) groups is 8. The Kier molecular flexibility index (Phi) is 5.79. The molecule has 0 aromatic rings. The first-order chi connectivity index (χ1) is 15.0. The second kappa shape index (κ2) is 8.34. The van der Waals surface area contributed by atoms with Crippen LogP contribution < -0.4 is 0 Å². The van der Waals surface area contributed by atoms with Gasteiger partial charge in [0.2, 0.25) is 0 Å². The molecule has 0 saturated heterocycles. The SMILES string of the molecule is CC(N1C(=O)C=CC1=O)N1C(=O)C=CC1=O.CC(N1C(=O)C=CC1=O)N1C(=O)C=CC1=O. The van der Waals surface area contributed by atoms with Crippen molar-refractivity contribution in [3.8, 4) is 0 Å². The minimum atomic E-state index is -0.898. The van der Waals surface area contributed by atoms with Gasteiger partial charge in [-0.05, 0) is 13.8 Å². The molecule has 0 atom stereocenters. The average molecular weight is 440 g/mol. The summed E-state index contributed by atoms with van der Waals surface area (Å²) in [5, 5.41) is 0. The molecule has 0 aromatic carbocycles. The lowest BCUT2D eigenvalue weighted by atomic mass is 10.4. The van der Waals surface area contributed by atoms with Crippen molar-refractivity contribution in [1.82, 2.24) is 19.6 Å². The number of imide groups is 4. The third-order valence-electron chi connectivity index (χ3n) is 4.87. The summed E-state index contributed by atoms with van der Waals surface area (Å²) in [6.45, 7) is 2.90. The van der Waals surface area contributed by atoms with Gasteiger partial charge < -0.3 is 0 Å². The third kappa shape index (κ3) is 3.80. The fourth-order valence-corrected chi connectivity index (χ4v) is 3.35.